The standard InChI is InChI=1S/C19H20F3N3O2/c1-3-27-18(26)17(23-13(2)14-8-5-4-6-9-14)25-24-16-11-7-10-15(12-16)19(20,21)22/h4-13,24H,3H2,1-2H3,(H,23,25)/p+1/t13-/m1/s1. The van der Waals surface area contributed by atoms with Crippen LogP contribution in [0.2, 0.25) is 0 Å². The molecule has 0 heterocycles. The number of hydrazine groups is 1. The molecular weight excluding hydrogens is 359 g/mol. The third-order valence-electron chi connectivity index (χ3n) is 3.66. The lowest BCUT2D eigenvalue weighted by molar-refractivity contribution is -0.506. The molecule has 0 amide bonds. The summed E-state index contributed by atoms with van der Waals surface area (Å²) in [6, 6.07) is 13.8. The van der Waals surface area contributed by atoms with Crippen molar-refractivity contribution in [2.45, 2.75) is 26.1 Å². The van der Waals surface area contributed by atoms with Gasteiger partial charge in [-0.1, -0.05) is 36.4 Å². The number of alkyl halides is 3. The molecule has 0 aliphatic rings. The van der Waals surface area contributed by atoms with Crippen molar-refractivity contribution in [1.29, 1.82) is 0 Å². The van der Waals surface area contributed by atoms with E-state index in [2.05, 4.69) is 15.8 Å². The van der Waals surface area contributed by atoms with Gasteiger partial charge in [-0.25, -0.2) is 10.2 Å². The minimum absolute atomic E-state index is 0.00869. The third kappa shape index (κ3) is 6.02. The van der Waals surface area contributed by atoms with Crippen LogP contribution in [0.4, 0.5) is 18.9 Å². The van der Waals surface area contributed by atoms with Gasteiger partial charge >= 0.3 is 18.0 Å². The number of benzene rings is 2. The summed E-state index contributed by atoms with van der Waals surface area (Å²) in [5.74, 6) is -0.662. The van der Waals surface area contributed by atoms with Gasteiger partial charge in [-0.3, -0.25) is 4.99 Å². The van der Waals surface area contributed by atoms with Crippen molar-refractivity contribution in [2.24, 2.45) is 0 Å². The summed E-state index contributed by atoms with van der Waals surface area (Å²) in [5, 5.41) is 0. The first-order chi connectivity index (χ1) is 12.8. The average Bonchev–Trinajstić information content (AvgIpc) is 2.65. The Balaban J connectivity index is 2.18. The fourth-order valence-electron chi connectivity index (χ4n) is 2.30. The summed E-state index contributed by atoms with van der Waals surface area (Å²) in [6.07, 6.45) is -4.45. The maximum atomic E-state index is 12.8. The van der Waals surface area contributed by atoms with Gasteiger partial charge in [0.25, 0.3) is 0 Å². The number of ether oxygens (including phenoxy) is 1. The van der Waals surface area contributed by atoms with Crippen LogP contribution in [0.5, 0.6) is 0 Å². The highest BCUT2D eigenvalue weighted by molar-refractivity contribution is 6.32. The number of hydrogen-bond acceptors (Lipinski definition) is 3. The van der Waals surface area contributed by atoms with Crippen LogP contribution in [0.15, 0.2) is 54.6 Å². The second-order valence-corrected chi connectivity index (χ2v) is 5.70. The van der Waals surface area contributed by atoms with E-state index >= 15 is 0 Å². The Morgan fingerprint density at radius 1 is 1.15 bits per heavy atom. The highest BCUT2D eigenvalue weighted by Crippen LogP contribution is 2.30. The lowest BCUT2D eigenvalue weighted by Crippen LogP contribution is -2.79. The number of esters is 1. The van der Waals surface area contributed by atoms with Crippen molar-refractivity contribution < 1.29 is 27.7 Å². The van der Waals surface area contributed by atoms with E-state index in [4.69, 9.17) is 4.74 Å². The van der Waals surface area contributed by atoms with Crippen molar-refractivity contribution in [1.82, 2.24) is 5.43 Å². The van der Waals surface area contributed by atoms with E-state index in [9.17, 15) is 18.0 Å². The fourth-order valence-corrected chi connectivity index (χ4v) is 2.30. The number of carbonyl (C=O) groups is 1. The van der Waals surface area contributed by atoms with Crippen LogP contribution in [-0.4, -0.2) is 18.4 Å². The lowest BCUT2D eigenvalue weighted by atomic mass is 10.1. The zero-order valence-corrected chi connectivity index (χ0v) is 14.9. The maximum absolute atomic E-state index is 12.8. The molecule has 0 radical (unpaired) electrons. The number of nitrogens with one attached hydrogen (secondary N) is 3. The second-order valence-electron chi connectivity index (χ2n) is 5.70. The SMILES string of the molecule is CCOC(=O)C(NNc1cccc(C(F)(F)F)c1)=[NH+][C@H](C)c1ccccc1. The Morgan fingerprint density at radius 2 is 1.85 bits per heavy atom. The van der Waals surface area contributed by atoms with Crippen LogP contribution in [0.1, 0.15) is 31.0 Å². The lowest BCUT2D eigenvalue weighted by Gasteiger charge is -2.11. The monoisotopic (exact) mass is 380 g/mol. The van der Waals surface area contributed by atoms with Gasteiger partial charge in [-0.05, 0) is 37.6 Å². The molecule has 0 bridgehead atoms. The van der Waals surface area contributed by atoms with E-state index in [0.717, 1.165) is 17.7 Å². The highest BCUT2D eigenvalue weighted by Gasteiger charge is 2.30. The van der Waals surface area contributed by atoms with E-state index in [1.54, 1.807) is 6.92 Å². The van der Waals surface area contributed by atoms with Gasteiger partial charge in [0.15, 0.2) is 0 Å². The summed E-state index contributed by atoms with van der Waals surface area (Å²) in [6.45, 7) is 3.67. The Kier molecular flexibility index (Phi) is 6.81. The number of anilines is 1. The van der Waals surface area contributed by atoms with Gasteiger partial charge in [-0.2, -0.15) is 18.6 Å². The predicted molar refractivity (Wildman–Crippen MR) is 95.7 cm³/mol. The van der Waals surface area contributed by atoms with Crippen LogP contribution in [0.25, 0.3) is 0 Å². The van der Waals surface area contributed by atoms with Crippen LogP contribution in [-0.2, 0) is 15.7 Å². The minimum Gasteiger partial charge on any atom is -0.457 e. The molecule has 1 atom stereocenters. The number of carbonyl (C=O) groups excluding carboxylic acids is 1. The van der Waals surface area contributed by atoms with Crippen molar-refractivity contribution in [3.05, 3.63) is 65.7 Å². The zero-order valence-electron chi connectivity index (χ0n) is 14.9. The molecule has 0 aliphatic carbocycles. The maximum Gasteiger partial charge on any atom is 0.423 e. The van der Waals surface area contributed by atoms with Gasteiger partial charge in [0.1, 0.15) is 6.04 Å². The van der Waals surface area contributed by atoms with Gasteiger partial charge in [-0.15, -0.1) is 0 Å². The molecule has 27 heavy (non-hydrogen) atoms. The molecule has 0 spiro atoms. The van der Waals surface area contributed by atoms with E-state index in [1.807, 2.05) is 37.3 Å². The molecule has 2 rings (SSSR count). The topological polar surface area (TPSA) is 64.3 Å². The zero-order chi connectivity index (χ0) is 19.9. The van der Waals surface area contributed by atoms with Crippen molar-refractivity contribution in [3.8, 4) is 0 Å². The predicted octanol–water partition coefficient (Wildman–Crippen LogP) is 2.43. The molecule has 144 valence electrons. The van der Waals surface area contributed by atoms with Crippen LogP contribution >= 0.6 is 0 Å². The number of halogens is 3. The van der Waals surface area contributed by atoms with Crippen molar-refractivity contribution in [2.75, 3.05) is 12.0 Å². The molecule has 3 N–H and O–H groups in total. The van der Waals surface area contributed by atoms with E-state index < -0.39 is 17.7 Å². The molecule has 2 aromatic carbocycles. The summed E-state index contributed by atoms with van der Waals surface area (Å²) in [4.78, 5) is 15.1. The summed E-state index contributed by atoms with van der Waals surface area (Å²) in [5.41, 5.74) is 5.51. The van der Waals surface area contributed by atoms with E-state index in [-0.39, 0.29) is 24.2 Å². The quantitative estimate of drug-likeness (QED) is 0.323. The Labute approximate surface area is 155 Å². The normalized spacial score (nSPS) is 13.0. The number of rotatable bonds is 5. The molecule has 0 fully saturated rings. The molecule has 0 aromatic heterocycles. The first-order valence-electron chi connectivity index (χ1n) is 8.36. The van der Waals surface area contributed by atoms with E-state index in [0.29, 0.717) is 0 Å². The first kappa shape index (κ1) is 20.3. The van der Waals surface area contributed by atoms with E-state index in [1.165, 1.54) is 12.1 Å². The van der Waals surface area contributed by atoms with Gasteiger partial charge in [0, 0.05) is 0 Å². The number of hydrogen-bond donors (Lipinski definition) is 3. The van der Waals surface area contributed by atoms with Gasteiger partial charge in [0.2, 0.25) is 0 Å². The molecule has 0 saturated heterocycles. The van der Waals surface area contributed by atoms with Crippen molar-refractivity contribution in [3.63, 3.8) is 0 Å². The second kappa shape index (κ2) is 9.07. The van der Waals surface area contributed by atoms with Crippen LogP contribution in [0, 0.1) is 0 Å². The fraction of sp³-hybridized carbons (Fsp3) is 0.263. The molecule has 0 unspecified atom stereocenters. The summed E-state index contributed by atoms with van der Waals surface area (Å²) in [7, 11) is 0. The third-order valence-corrected chi connectivity index (χ3v) is 3.66. The van der Waals surface area contributed by atoms with Gasteiger partial charge in [0.05, 0.1) is 17.9 Å². The minimum atomic E-state index is -4.45. The summed E-state index contributed by atoms with van der Waals surface area (Å²) >= 11 is 0. The molecule has 0 aliphatic heterocycles. The van der Waals surface area contributed by atoms with Crippen molar-refractivity contribution >= 4 is 17.5 Å². The van der Waals surface area contributed by atoms with Gasteiger partial charge < -0.3 is 4.74 Å². The smallest absolute Gasteiger partial charge is 0.423 e. The molecule has 2 aromatic rings. The Bertz CT molecular complexity index is 792. The Morgan fingerprint density at radius 3 is 2.48 bits per heavy atom. The van der Waals surface area contributed by atoms with Crippen LogP contribution < -0.4 is 15.8 Å². The summed E-state index contributed by atoms with van der Waals surface area (Å²) < 4.78 is 43.4. The first-order valence-corrected chi connectivity index (χ1v) is 8.36. The molecule has 0 saturated carbocycles. The molecule has 8 heteroatoms. The molecular formula is C19H21F3N3O2+. The molecule has 5 nitrogen and oxygen atoms in total. The highest BCUT2D eigenvalue weighted by atomic mass is 19.4. The number of amidine groups is 1. The average molecular weight is 380 g/mol. The Hall–Kier alpha value is -3.03. The van der Waals surface area contributed by atoms with Crippen LogP contribution in [0.3, 0.4) is 0 Å². The largest absolute Gasteiger partial charge is 0.457 e.